The highest BCUT2D eigenvalue weighted by molar-refractivity contribution is 5.93. The van der Waals surface area contributed by atoms with Crippen LogP contribution in [0.5, 0.6) is 5.75 Å². The molecule has 110 valence electrons. The maximum absolute atomic E-state index is 12.4. The van der Waals surface area contributed by atoms with Crippen LogP contribution in [-0.2, 0) is 9.53 Å². The number of carbonyl (C=O) groups excluding carboxylic acids is 1. The molecule has 20 heavy (non-hydrogen) atoms. The number of nitrogens with zero attached hydrogens (tertiary/aromatic N) is 1. The summed E-state index contributed by atoms with van der Waals surface area (Å²) in [6, 6.07) is 3.52. The van der Waals surface area contributed by atoms with E-state index in [0.29, 0.717) is 31.3 Å². The quantitative estimate of drug-likeness (QED) is 0.840. The van der Waals surface area contributed by atoms with E-state index in [9.17, 15) is 4.79 Å². The first-order valence-corrected chi connectivity index (χ1v) is 6.84. The van der Waals surface area contributed by atoms with Crippen molar-refractivity contribution in [1.29, 1.82) is 0 Å². The van der Waals surface area contributed by atoms with E-state index in [1.807, 2.05) is 0 Å². The Morgan fingerprint density at radius 3 is 3.00 bits per heavy atom. The molecule has 2 rings (SSSR count). The number of hydrogen-bond acceptors (Lipinski definition) is 5. The zero-order chi connectivity index (χ0) is 14.4. The van der Waals surface area contributed by atoms with E-state index in [1.54, 1.807) is 25.4 Å². The largest absolute Gasteiger partial charge is 0.493 e. The van der Waals surface area contributed by atoms with Crippen LogP contribution in [0.25, 0.3) is 0 Å². The van der Waals surface area contributed by atoms with Gasteiger partial charge in [0.05, 0.1) is 13.0 Å². The monoisotopic (exact) mass is 279 g/mol. The number of nitrogens with two attached hydrogens (primary N) is 1. The minimum atomic E-state index is -0.217. The molecule has 1 atom stereocenters. The fourth-order valence-corrected chi connectivity index (χ4v) is 2.49. The van der Waals surface area contributed by atoms with Crippen LogP contribution in [-0.4, -0.2) is 37.8 Å². The lowest BCUT2D eigenvalue weighted by atomic mass is 9.85. The topological polar surface area (TPSA) is 86.5 Å². The second-order valence-corrected chi connectivity index (χ2v) is 4.84. The molecule has 1 aromatic heterocycles. The van der Waals surface area contributed by atoms with Crippen LogP contribution < -0.4 is 15.8 Å². The highest BCUT2D eigenvalue weighted by Crippen LogP contribution is 2.26. The van der Waals surface area contributed by atoms with Crippen LogP contribution >= 0.6 is 0 Å². The van der Waals surface area contributed by atoms with Crippen molar-refractivity contribution < 1.29 is 14.3 Å². The molecule has 0 spiro atoms. The van der Waals surface area contributed by atoms with Crippen LogP contribution in [0.1, 0.15) is 12.8 Å². The van der Waals surface area contributed by atoms with Crippen molar-refractivity contribution in [3.63, 3.8) is 0 Å². The van der Waals surface area contributed by atoms with Gasteiger partial charge in [-0.2, -0.15) is 0 Å². The maximum atomic E-state index is 12.4. The number of methoxy groups -OCH3 is 1. The molecule has 1 aromatic rings. The number of hydrogen-bond donors (Lipinski definition) is 2. The first-order valence-electron chi connectivity index (χ1n) is 6.84. The van der Waals surface area contributed by atoms with E-state index in [4.69, 9.17) is 15.2 Å². The van der Waals surface area contributed by atoms with Gasteiger partial charge in [0, 0.05) is 26.0 Å². The number of anilines is 1. The number of aromatic nitrogens is 1. The fraction of sp³-hybridized carbons (Fsp3) is 0.571. The van der Waals surface area contributed by atoms with Gasteiger partial charge < -0.3 is 20.5 Å². The van der Waals surface area contributed by atoms with Gasteiger partial charge in [0.1, 0.15) is 0 Å². The minimum absolute atomic E-state index is 0.101. The summed E-state index contributed by atoms with van der Waals surface area (Å²) in [5.74, 6) is 0.930. The number of nitrogens with one attached hydrogen (secondary N) is 1. The predicted molar refractivity (Wildman–Crippen MR) is 75.5 cm³/mol. The molecular weight excluding hydrogens is 258 g/mol. The van der Waals surface area contributed by atoms with E-state index in [0.717, 1.165) is 12.8 Å². The van der Waals surface area contributed by atoms with Gasteiger partial charge in [-0.25, -0.2) is 4.98 Å². The predicted octanol–water partition coefficient (Wildman–Crippen LogP) is 1.03. The highest BCUT2D eigenvalue weighted by Gasteiger charge is 2.29. The summed E-state index contributed by atoms with van der Waals surface area (Å²) in [6.07, 6.45) is 3.35. The molecule has 1 amide bonds. The Kier molecular flexibility index (Phi) is 5.31. The van der Waals surface area contributed by atoms with Gasteiger partial charge in [0.15, 0.2) is 11.6 Å². The van der Waals surface area contributed by atoms with Crippen LogP contribution in [0.2, 0.25) is 0 Å². The zero-order valence-corrected chi connectivity index (χ0v) is 11.7. The Hall–Kier alpha value is -1.66. The lowest BCUT2D eigenvalue weighted by molar-refractivity contribution is -0.122. The number of rotatable bonds is 5. The van der Waals surface area contributed by atoms with Crippen molar-refractivity contribution >= 4 is 11.7 Å². The van der Waals surface area contributed by atoms with Crippen molar-refractivity contribution in [1.82, 2.24) is 4.98 Å². The normalized spacial score (nSPS) is 17.5. The van der Waals surface area contributed by atoms with Crippen molar-refractivity contribution in [2.45, 2.75) is 12.8 Å². The van der Waals surface area contributed by atoms with Crippen LogP contribution in [0.3, 0.4) is 0 Å². The van der Waals surface area contributed by atoms with Gasteiger partial charge >= 0.3 is 0 Å². The lowest BCUT2D eigenvalue weighted by Gasteiger charge is -2.28. The molecule has 1 saturated heterocycles. The Bertz CT molecular complexity index is 447. The molecule has 0 radical (unpaired) electrons. The Morgan fingerprint density at radius 1 is 1.60 bits per heavy atom. The molecule has 1 unspecified atom stereocenters. The minimum Gasteiger partial charge on any atom is -0.493 e. The zero-order valence-electron chi connectivity index (χ0n) is 11.7. The number of pyridine rings is 1. The summed E-state index contributed by atoms with van der Waals surface area (Å²) in [7, 11) is 1.55. The molecule has 1 fully saturated rings. The summed E-state index contributed by atoms with van der Waals surface area (Å²) in [5.41, 5.74) is 5.78. The third kappa shape index (κ3) is 3.46. The van der Waals surface area contributed by atoms with Crippen LogP contribution in [0.4, 0.5) is 5.82 Å². The molecule has 6 nitrogen and oxygen atoms in total. The van der Waals surface area contributed by atoms with E-state index in [1.165, 1.54) is 0 Å². The van der Waals surface area contributed by atoms with Gasteiger partial charge in [0.25, 0.3) is 0 Å². The maximum Gasteiger partial charge on any atom is 0.230 e. The highest BCUT2D eigenvalue weighted by atomic mass is 16.5. The molecule has 3 N–H and O–H groups in total. The summed E-state index contributed by atoms with van der Waals surface area (Å²) < 4.78 is 10.5. The van der Waals surface area contributed by atoms with Crippen molar-refractivity contribution in [2.75, 3.05) is 32.2 Å². The third-order valence-corrected chi connectivity index (χ3v) is 3.66. The van der Waals surface area contributed by atoms with Gasteiger partial charge in [-0.05, 0) is 30.9 Å². The SMILES string of the molecule is COc1cccnc1NC(=O)C(CN)C1CCOCC1. The summed E-state index contributed by atoms with van der Waals surface area (Å²) >= 11 is 0. The number of ether oxygens (including phenoxy) is 2. The summed E-state index contributed by atoms with van der Waals surface area (Å²) in [4.78, 5) is 16.5. The molecule has 0 aliphatic carbocycles. The Balaban J connectivity index is 2.05. The molecule has 1 aliphatic rings. The molecular formula is C14H21N3O3. The Morgan fingerprint density at radius 2 is 2.35 bits per heavy atom. The smallest absolute Gasteiger partial charge is 0.230 e. The molecule has 0 saturated carbocycles. The first kappa shape index (κ1) is 14.7. The lowest BCUT2D eigenvalue weighted by Crippen LogP contribution is -2.37. The standard InChI is InChI=1S/C14H21N3O3/c1-19-12-3-2-6-16-13(12)17-14(18)11(9-15)10-4-7-20-8-5-10/h2-3,6,10-11H,4-5,7-9,15H2,1H3,(H,16,17,18). The van der Waals surface area contributed by atoms with Crippen molar-refractivity contribution in [3.8, 4) is 5.75 Å². The molecule has 2 heterocycles. The van der Waals surface area contributed by atoms with Crippen LogP contribution in [0.15, 0.2) is 18.3 Å². The summed E-state index contributed by atoms with van der Waals surface area (Å²) in [5, 5.41) is 2.81. The van der Waals surface area contributed by atoms with Crippen LogP contribution in [0, 0.1) is 11.8 Å². The van der Waals surface area contributed by atoms with Crippen molar-refractivity contribution in [2.24, 2.45) is 17.6 Å². The van der Waals surface area contributed by atoms with E-state index >= 15 is 0 Å². The van der Waals surface area contributed by atoms with Gasteiger partial charge in [-0.3, -0.25) is 4.79 Å². The number of carbonyl (C=O) groups is 1. The van der Waals surface area contributed by atoms with E-state index in [-0.39, 0.29) is 17.7 Å². The van der Waals surface area contributed by atoms with Gasteiger partial charge in [-0.15, -0.1) is 0 Å². The Labute approximate surface area is 118 Å². The van der Waals surface area contributed by atoms with E-state index < -0.39 is 0 Å². The van der Waals surface area contributed by atoms with Gasteiger partial charge in [0.2, 0.25) is 5.91 Å². The third-order valence-electron chi connectivity index (χ3n) is 3.66. The molecule has 6 heteroatoms. The summed E-state index contributed by atoms with van der Waals surface area (Å²) in [6.45, 7) is 1.72. The second-order valence-electron chi connectivity index (χ2n) is 4.84. The average molecular weight is 279 g/mol. The number of amides is 1. The van der Waals surface area contributed by atoms with E-state index in [2.05, 4.69) is 10.3 Å². The molecule has 0 aromatic carbocycles. The average Bonchev–Trinajstić information content (AvgIpc) is 2.49. The first-order chi connectivity index (χ1) is 9.76. The second kappa shape index (κ2) is 7.21. The van der Waals surface area contributed by atoms with Gasteiger partial charge in [-0.1, -0.05) is 0 Å². The molecule has 0 bridgehead atoms. The fourth-order valence-electron chi connectivity index (χ4n) is 2.49. The molecule has 1 aliphatic heterocycles. The van der Waals surface area contributed by atoms with Crippen molar-refractivity contribution in [3.05, 3.63) is 18.3 Å².